The van der Waals surface area contributed by atoms with Gasteiger partial charge in [-0.15, -0.1) is 0 Å². The lowest BCUT2D eigenvalue weighted by Crippen LogP contribution is -3.00. The van der Waals surface area contributed by atoms with Gasteiger partial charge < -0.3 is 50.9 Å². The summed E-state index contributed by atoms with van der Waals surface area (Å²) in [6, 6.07) is 6.87. The SMILES string of the molecule is NC(=O)c1ccc[n+](CC[n+]2cccc(C(N)=O)c2)c1.O.[Br-].[Br-]. The molecular formula is C14H18Br2N4O3. The lowest BCUT2D eigenvalue weighted by Gasteiger charge is -1.98. The highest BCUT2D eigenvalue weighted by atomic mass is 79.9. The second-order valence-corrected chi connectivity index (χ2v) is 4.39. The number of nitrogens with two attached hydrogens (primary N) is 2. The van der Waals surface area contributed by atoms with Crippen LogP contribution >= 0.6 is 0 Å². The lowest BCUT2D eigenvalue weighted by atomic mass is 10.2. The summed E-state index contributed by atoms with van der Waals surface area (Å²) < 4.78 is 3.73. The van der Waals surface area contributed by atoms with E-state index in [4.69, 9.17) is 11.5 Å². The molecule has 0 aromatic carbocycles. The number of hydrogen-bond donors (Lipinski definition) is 2. The average molecular weight is 450 g/mol. The van der Waals surface area contributed by atoms with Gasteiger partial charge >= 0.3 is 0 Å². The summed E-state index contributed by atoms with van der Waals surface area (Å²) in [6.07, 6.45) is 7.09. The first-order valence-electron chi connectivity index (χ1n) is 6.14. The Hall–Kier alpha value is -1.84. The maximum atomic E-state index is 11.1. The number of hydrogen-bond acceptors (Lipinski definition) is 2. The van der Waals surface area contributed by atoms with E-state index in [1.165, 1.54) is 0 Å². The molecular weight excluding hydrogens is 432 g/mol. The summed E-state index contributed by atoms with van der Waals surface area (Å²) in [6.45, 7) is 1.29. The highest BCUT2D eigenvalue weighted by Gasteiger charge is 2.11. The topological polar surface area (TPSA) is 125 Å². The van der Waals surface area contributed by atoms with Gasteiger partial charge in [0, 0.05) is 12.1 Å². The molecule has 0 saturated heterocycles. The third-order valence-corrected chi connectivity index (χ3v) is 2.90. The smallest absolute Gasteiger partial charge is 0.254 e. The molecule has 0 radical (unpaired) electrons. The van der Waals surface area contributed by atoms with Crippen LogP contribution in [-0.2, 0) is 13.1 Å². The van der Waals surface area contributed by atoms with Crippen LogP contribution in [0.25, 0.3) is 0 Å². The van der Waals surface area contributed by atoms with E-state index in [0.29, 0.717) is 24.2 Å². The summed E-state index contributed by atoms with van der Waals surface area (Å²) in [5.74, 6) is -0.912. The number of pyridine rings is 2. The molecule has 0 spiro atoms. The van der Waals surface area contributed by atoms with Gasteiger partial charge in [0.05, 0.1) is 0 Å². The van der Waals surface area contributed by atoms with Crippen LogP contribution < -0.4 is 54.6 Å². The molecule has 0 aliphatic heterocycles. The third-order valence-electron chi connectivity index (χ3n) is 2.90. The Kier molecular flexibility index (Phi) is 11.0. The quantitative estimate of drug-likeness (QED) is 0.440. The predicted molar refractivity (Wildman–Crippen MR) is 73.9 cm³/mol. The van der Waals surface area contributed by atoms with E-state index in [1.54, 1.807) is 36.7 Å². The number of carbonyl (C=O) groups is 2. The maximum Gasteiger partial charge on any atom is 0.254 e. The number of carbonyl (C=O) groups excluding carboxylic acids is 2. The Morgan fingerprint density at radius 1 is 0.826 bits per heavy atom. The molecule has 2 amide bonds. The number of aryl methyl sites for hydroxylation is 2. The first-order chi connectivity index (χ1) is 9.56. The standard InChI is InChI=1S/C14H14N4O2.2BrH.H2O/c15-13(19)11-3-1-5-17(9-11)7-8-18-6-2-4-12(10-18)14(16)20;;;/h1-6,9-10H,7-8H2,(H2-2,15,16,19,20);2*1H;1H2. The van der Waals surface area contributed by atoms with Crippen molar-refractivity contribution >= 4 is 11.8 Å². The van der Waals surface area contributed by atoms with Gasteiger partial charge in [-0.3, -0.25) is 9.59 Å². The summed E-state index contributed by atoms with van der Waals surface area (Å²) in [5.41, 5.74) is 11.4. The van der Waals surface area contributed by atoms with Gasteiger partial charge in [-0.05, 0) is 12.1 Å². The molecule has 2 rings (SSSR count). The van der Waals surface area contributed by atoms with Crippen LogP contribution in [0.3, 0.4) is 0 Å². The van der Waals surface area contributed by atoms with Crippen LogP contribution in [0.15, 0.2) is 49.1 Å². The zero-order chi connectivity index (χ0) is 14.5. The second-order valence-electron chi connectivity index (χ2n) is 4.39. The molecule has 6 N–H and O–H groups in total. The number of nitrogens with zero attached hydrogens (tertiary/aromatic N) is 2. The van der Waals surface area contributed by atoms with E-state index >= 15 is 0 Å². The van der Waals surface area contributed by atoms with Crippen molar-refractivity contribution in [2.24, 2.45) is 11.5 Å². The lowest BCUT2D eigenvalue weighted by molar-refractivity contribution is -0.778. The molecule has 126 valence electrons. The molecule has 0 atom stereocenters. The van der Waals surface area contributed by atoms with Crippen molar-refractivity contribution in [2.75, 3.05) is 0 Å². The van der Waals surface area contributed by atoms with E-state index in [0.717, 1.165) is 0 Å². The van der Waals surface area contributed by atoms with Gasteiger partial charge in [0.25, 0.3) is 11.8 Å². The number of aromatic nitrogens is 2. The third kappa shape index (κ3) is 6.85. The molecule has 0 bridgehead atoms. The van der Waals surface area contributed by atoms with Gasteiger partial charge in [-0.1, -0.05) is 0 Å². The molecule has 9 heteroatoms. The Labute approximate surface area is 154 Å². The Balaban J connectivity index is 0. The van der Waals surface area contributed by atoms with Crippen LogP contribution in [0.1, 0.15) is 20.7 Å². The fraction of sp³-hybridized carbons (Fsp3) is 0.143. The van der Waals surface area contributed by atoms with Crippen molar-refractivity contribution in [3.8, 4) is 0 Å². The van der Waals surface area contributed by atoms with Gasteiger partial charge in [0.1, 0.15) is 11.1 Å². The van der Waals surface area contributed by atoms with Crippen LogP contribution in [-0.4, -0.2) is 17.3 Å². The molecule has 0 unspecified atom stereocenters. The van der Waals surface area contributed by atoms with Crippen molar-refractivity contribution in [3.05, 3.63) is 60.2 Å². The van der Waals surface area contributed by atoms with Gasteiger partial charge in [-0.25, -0.2) is 0 Å². The minimum atomic E-state index is -0.456. The van der Waals surface area contributed by atoms with Gasteiger partial charge in [-0.2, -0.15) is 9.13 Å². The molecule has 7 nitrogen and oxygen atoms in total. The fourth-order valence-electron chi connectivity index (χ4n) is 1.84. The number of primary amides is 2. The average Bonchev–Trinajstić information content (AvgIpc) is 2.45. The zero-order valence-electron chi connectivity index (χ0n) is 12.2. The Bertz CT molecular complexity index is 610. The minimum Gasteiger partial charge on any atom is -1.00 e. The zero-order valence-corrected chi connectivity index (χ0v) is 15.3. The van der Waals surface area contributed by atoms with Crippen LogP contribution in [0.2, 0.25) is 0 Å². The summed E-state index contributed by atoms with van der Waals surface area (Å²) in [7, 11) is 0. The van der Waals surface area contributed by atoms with Crippen molar-refractivity contribution in [1.29, 1.82) is 0 Å². The van der Waals surface area contributed by atoms with E-state index in [2.05, 4.69) is 0 Å². The fourth-order valence-corrected chi connectivity index (χ4v) is 1.84. The molecule has 23 heavy (non-hydrogen) atoms. The molecule has 2 aromatic heterocycles. The molecule has 0 aliphatic carbocycles. The molecule has 0 fully saturated rings. The first-order valence-corrected chi connectivity index (χ1v) is 6.14. The van der Waals surface area contributed by atoms with E-state index in [1.807, 2.05) is 21.5 Å². The second kappa shape index (κ2) is 10.8. The Morgan fingerprint density at radius 3 is 1.48 bits per heavy atom. The predicted octanol–water partition coefficient (Wildman–Crippen LogP) is -7.66. The number of rotatable bonds is 5. The molecule has 0 aliphatic rings. The van der Waals surface area contributed by atoms with Crippen molar-refractivity contribution in [2.45, 2.75) is 13.1 Å². The largest absolute Gasteiger partial charge is 1.00 e. The Morgan fingerprint density at radius 2 is 1.17 bits per heavy atom. The van der Waals surface area contributed by atoms with Crippen molar-refractivity contribution < 1.29 is 58.2 Å². The first kappa shape index (κ1) is 23.4. The molecule has 0 saturated carbocycles. The maximum absolute atomic E-state index is 11.1. The van der Waals surface area contributed by atoms with Crippen LogP contribution in [0.4, 0.5) is 0 Å². The molecule has 2 aromatic rings. The highest BCUT2D eigenvalue weighted by molar-refractivity contribution is 5.92. The van der Waals surface area contributed by atoms with Gasteiger partial charge in [0.15, 0.2) is 24.8 Å². The number of amides is 2. The number of halogens is 2. The summed E-state index contributed by atoms with van der Waals surface area (Å²) >= 11 is 0. The van der Waals surface area contributed by atoms with Crippen molar-refractivity contribution in [3.63, 3.8) is 0 Å². The summed E-state index contributed by atoms with van der Waals surface area (Å²) in [4.78, 5) is 22.2. The van der Waals surface area contributed by atoms with Crippen molar-refractivity contribution in [1.82, 2.24) is 0 Å². The van der Waals surface area contributed by atoms with Crippen LogP contribution in [0, 0.1) is 0 Å². The van der Waals surface area contributed by atoms with Gasteiger partial charge in [0.2, 0.25) is 13.1 Å². The monoisotopic (exact) mass is 448 g/mol. The minimum absolute atomic E-state index is 0. The normalized spacial score (nSPS) is 8.87. The van der Waals surface area contributed by atoms with Crippen LogP contribution in [0.5, 0.6) is 0 Å². The molecule has 2 heterocycles. The van der Waals surface area contributed by atoms with E-state index < -0.39 is 11.8 Å². The van der Waals surface area contributed by atoms with E-state index in [9.17, 15) is 9.59 Å². The van der Waals surface area contributed by atoms with E-state index in [-0.39, 0.29) is 39.4 Å². The summed E-state index contributed by atoms with van der Waals surface area (Å²) in [5, 5.41) is 0. The highest BCUT2D eigenvalue weighted by Crippen LogP contribution is 1.93.